The summed E-state index contributed by atoms with van der Waals surface area (Å²) in [6.45, 7) is 9.07. The van der Waals surface area contributed by atoms with Gasteiger partial charge in [-0.25, -0.2) is 0 Å². The van der Waals surface area contributed by atoms with Crippen LogP contribution in [0.5, 0.6) is 0 Å². The van der Waals surface area contributed by atoms with Crippen LogP contribution in [0.3, 0.4) is 0 Å². The van der Waals surface area contributed by atoms with E-state index in [1.807, 2.05) is 6.92 Å². The highest BCUT2D eigenvalue weighted by atomic mass is 16.5. The summed E-state index contributed by atoms with van der Waals surface area (Å²) < 4.78 is 5.15. The minimum atomic E-state index is -0.0389. The first-order valence-corrected chi connectivity index (χ1v) is 6.40. The average Bonchev–Trinajstić information content (AvgIpc) is 2.30. The quantitative estimate of drug-likeness (QED) is 0.671. The predicted octanol–water partition coefficient (Wildman–Crippen LogP) is -0.321. The number of nitrogens with one attached hydrogen (secondary N) is 2. The highest BCUT2D eigenvalue weighted by Gasteiger charge is 2.28. The van der Waals surface area contributed by atoms with Crippen molar-refractivity contribution in [1.82, 2.24) is 15.5 Å². The lowest BCUT2D eigenvalue weighted by Gasteiger charge is -2.36. The van der Waals surface area contributed by atoms with Gasteiger partial charge in [0.1, 0.15) is 6.04 Å². The molecule has 5 nitrogen and oxygen atoms in total. The Hall–Kier alpha value is -0.650. The van der Waals surface area contributed by atoms with Crippen LogP contribution in [0.4, 0.5) is 0 Å². The minimum Gasteiger partial charge on any atom is -0.384 e. The molecule has 1 rings (SSSR count). The second kappa shape index (κ2) is 7.63. The van der Waals surface area contributed by atoms with E-state index in [9.17, 15) is 4.79 Å². The largest absolute Gasteiger partial charge is 0.384 e. The molecule has 0 aromatic carbocycles. The number of carbonyl (C=O) groups is 1. The molecule has 100 valence electrons. The first kappa shape index (κ1) is 14.4. The first-order valence-electron chi connectivity index (χ1n) is 6.40. The van der Waals surface area contributed by atoms with Gasteiger partial charge in [0.25, 0.3) is 0 Å². The number of hydrogen-bond acceptors (Lipinski definition) is 4. The smallest absolute Gasteiger partial charge is 0.238 e. The summed E-state index contributed by atoms with van der Waals surface area (Å²) in [5.41, 5.74) is 0. The molecule has 1 aliphatic heterocycles. The standard InChI is InChI=1S/C12H25N3O2/c1-4-14-12(16)11-7-13-5-6-15(11)8-10(2)9-17-3/h10-11,13H,4-9H2,1-3H3,(H,14,16). The number of piperazine rings is 1. The molecular weight excluding hydrogens is 218 g/mol. The lowest BCUT2D eigenvalue weighted by molar-refractivity contribution is -0.127. The van der Waals surface area contributed by atoms with Crippen molar-refractivity contribution in [3.05, 3.63) is 0 Å². The van der Waals surface area contributed by atoms with Crippen LogP contribution >= 0.6 is 0 Å². The Morgan fingerprint density at radius 3 is 3.06 bits per heavy atom. The van der Waals surface area contributed by atoms with Crippen LogP contribution in [-0.4, -0.2) is 63.3 Å². The number of amides is 1. The van der Waals surface area contributed by atoms with Gasteiger partial charge in [-0.1, -0.05) is 6.92 Å². The van der Waals surface area contributed by atoms with E-state index in [-0.39, 0.29) is 11.9 Å². The first-order chi connectivity index (χ1) is 8.19. The fourth-order valence-electron chi connectivity index (χ4n) is 2.25. The second-order valence-corrected chi connectivity index (χ2v) is 4.67. The normalized spacial score (nSPS) is 23.4. The van der Waals surface area contributed by atoms with Gasteiger partial charge in [0.05, 0.1) is 0 Å². The van der Waals surface area contributed by atoms with Crippen LogP contribution < -0.4 is 10.6 Å². The Morgan fingerprint density at radius 2 is 2.41 bits per heavy atom. The van der Waals surface area contributed by atoms with Gasteiger partial charge < -0.3 is 15.4 Å². The summed E-state index contributed by atoms with van der Waals surface area (Å²) in [5, 5.41) is 6.17. The van der Waals surface area contributed by atoms with Crippen molar-refractivity contribution in [2.45, 2.75) is 19.9 Å². The lowest BCUT2D eigenvalue weighted by Crippen LogP contribution is -2.58. The van der Waals surface area contributed by atoms with Gasteiger partial charge in [-0.05, 0) is 12.8 Å². The van der Waals surface area contributed by atoms with Crippen LogP contribution in [-0.2, 0) is 9.53 Å². The van der Waals surface area contributed by atoms with Crippen molar-refractivity contribution in [3.8, 4) is 0 Å². The zero-order valence-corrected chi connectivity index (χ0v) is 11.2. The van der Waals surface area contributed by atoms with Gasteiger partial charge in [-0.15, -0.1) is 0 Å². The van der Waals surface area contributed by atoms with Crippen LogP contribution in [0.2, 0.25) is 0 Å². The molecule has 0 aromatic rings. The van der Waals surface area contributed by atoms with Gasteiger partial charge in [-0.2, -0.15) is 0 Å². The molecule has 2 N–H and O–H groups in total. The lowest BCUT2D eigenvalue weighted by atomic mass is 10.1. The maximum absolute atomic E-state index is 11.9. The summed E-state index contributed by atoms with van der Waals surface area (Å²) in [5.74, 6) is 0.583. The van der Waals surface area contributed by atoms with Gasteiger partial charge in [-0.3, -0.25) is 9.69 Å². The molecule has 0 aromatic heterocycles. The van der Waals surface area contributed by atoms with Crippen LogP contribution in [0.25, 0.3) is 0 Å². The van der Waals surface area contributed by atoms with E-state index in [2.05, 4.69) is 22.5 Å². The molecule has 1 fully saturated rings. The number of hydrogen-bond donors (Lipinski definition) is 2. The minimum absolute atomic E-state index is 0.0389. The molecule has 0 saturated carbocycles. The molecule has 0 bridgehead atoms. The molecule has 1 heterocycles. The summed E-state index contributed by atoms with van der Waals surface area (Å²) in [7, 11) is 1.72. The van der Waals surface area contributed by atoms with E-state index in [0.717, 1.165) is 32.8 Å². The van der Waals surface area contributed by atoms with Crippen molar-refractivity contribution < 1.29 is 9.53 Å². The SMILES string of the molecule is CCNC(=O)C1CNCCN1CC(C)COC. The fraction of sp³-hybridized carbons (Fsp3) is 0.917. The maximum atomic E-state index is 11.9. The number of carbonyl (C=O) groups excluding carboxylic acids is 1. The van der Waals surface area contributed by atoms with Crippen LogP contribution in [0.15, 0.2) is 0 Å². The van der Waals surface area contributed by atoms with Gasteiger partial charge in [0, 0.05) is 46.4 Å². The molecule has 2 atom stereocenters. The van der Waals surface area contributed by atoms with Crippen molar-refractivity contribution in [3.63, 3.8) is 0 Å². The summed E-state index contributed by atoms with van der Waals surface area (Å²) >= 11 is 0. The second-order valence-electron chi connectivity index (χ2n) is 4.67. The highest BCUT2D eigenvalue weighted by molar-refractivity contribution is 5.82. The zero-order chi connectivity index (χ0) is 12.7. The molecular formula is C12H25N3O2. The molecule has 17 heavy (non-hydrogen) atoms. The third-order valence-electron chi connectivity index (χ3n) is 3.01. The monoisotopic (exact) mass is 243 g/mol. The Balaban J connectivity index is 2.50. The summed E-state index contributed by atoms with van der Waals surface area (Å²) in [4.78, 5) is 14.2. The van der Waals surface area contributed by atoms with E-state index >= 15 is 0 Å². The molecule has 1 aliphatic rings. The van der Waals surface area contributed by atoms with Gasteiger partial charge in [0.2, 0.25) is 5.91 Å². The van der Waals surface area contributed by atoms with Crippen LogP contribution in [0, 0.1) is 5.92 Å². The van der Waals surface area contributed by atoms with Crippen molar-refractivity contribution in [2.75, 3.05) is 46.4 Å². The van der Waals surface area contributed by atoms with Crippen LogP contribution in [0.1, 0.15) is 13.8 Å². The Kier molecular flexibility index (Phi) is 6.47. The molecule has 1 amide bonds. The third-order valence-corrected chi connectivity index (χ3v) is 3.01. The number of likely N-dealkylation sites (N-methyl/N-ethyl adjacent to an activating group) is 1. The summed E-state index contributed by atoms with van der Waals surface area (Å²) in [6.07, 6.45) is 0. The van der Waals surface area contributed by atoms with E-state index < -0.39 is 0 Å². The number of nitrogens with zero attached hydrogens (tertiary/aromatic N) is 1. The molecule has 0 aliphatic carbocycles. The summed E-state index contributed by atoms with van der Waals surface area (Å²) in [6, 6.07) is -0.0389. The zero-order valence-electron chi connectivity index (χ0n) is 11.2. The van der Waals surface area contributed by atoms with E-state index in [1.54, 1.807) is 7.11 Å². The topological polar surface area (TPSA) is 53.6 Å². The van der Waals surface area contributed by atoms with E-state index in [0.29, 0.717) is 12.5 Å². The van der Waals surface area contributed by atoms with E-state index in [1.165, 1.54) is 0 Å². The number of methoxy groups -OCH3 is 1. The van der Waals surface area contributed by atoms with Gasteiger partial charge in [0.15, 0.2) is 0 Å². The van der Waals surface area contributed by atoms with Crippen molar-refractivity contribution in [2.24, 2.45) is 5.92 Å². The molecule has 2 unspecified atom stereocenters. The van der Waals surface area contributed by atoms with Crippen molar-refractivity contribution >= 4 is 5.91 Å². The molecule has 5 heteroatoms. The molecule has 1 saturated heterocycles. The number of rotatable bonds is 6. The molecule has 0 spiro atoms. The third kappa shape index (κ3) is 4.61. The van der Waals surface area contributed by atoms with E-state index in [4.69, 9.17) is 4.74 Å². The Morgan fingerprint density at radius 1 is 1.65 bits per heavy atom. The maximum Gasteiger partial charge on any atom is 0.238 e. The Labute approximate surface area is 104 Å². The number of ether oxygens (including phenoxy) is 1. The predicted molar refractivity (Wildman–Crippen MR) is 68.0 cm³/mol. The Bertz CT molecular complexity index is 236. The highest BCUT2D eigenvalue weighted by Crippen LogP contribution is 2.08. The van der Waals surface area contributed by atoms with Gasteiger partial charge >= 0.3 is 0 Å². The van der Waals surface area contributed by atoms with Crippen molar-refractivity contribution in [1.29, 1.82) is 0 Å². The average molecular weight is 243 g/mol. The fourth-order valence-corrected chi connectivity index (χ4v) is 2.25. The molecule has 0 radical (unpaired) electrons.